The van der Waals surface area contributed by atoms with E-state index in [1.807, 2.05) is 24.3 Å². The van der Waals surface area contributed by atoms with Crippen LogP contribution >= 0.6 is 0 Å². The van der Waals surface area contributed by atoms with E-state index in [0.29, 0.717) is 18.1 Å². The van der Waals surface area contributed by atoms with Gasteiger partial charge in [0.05, 0.1) is 18.0 Å². The van der Waals surface area contributed by atoms with Gasteiger partial charge in [0, 0.05) is 18.0 Å². The highest BCUT2D eigenvalue weighted by Gasteiger charge is 2.55. The molecule has 26 heavy (non-hydrogen) atoms. The quantitative estimate of drug-likeness (QED) is 0.847. The van der Waals surface area contributed by atoms with Crippen molar-refractivity contribution < 1.29 is 9.32 Å². The zero-order chi connectivity index (χ0) is 18.3. The highest BCUT2D eigenvalue weighted by atomic mass is 16.5. The second-order valence-electron chi connectivity index (χ2n) is 7.40. The molecular weight excluding hydrogens is 330 g/mol. The van der Waals surface area contributed by atoms with Crippen LogP contribution in [-0.2, 0) is 11.2 Å². The first-order valence-corrected chi connectivity index (χ1v) is 8.87. The van der Waals surface area contributed by atoms with Crippen molar-refractivity contribution in [2.24, 2.45) is 17.6 Å². The van der Waals surface area contributed by atoms with E-state index in [1.54, 1.807) is 6.92 Å². The molecule has 0 spiro atoms. The number of rotatable bonds is 5. The average molecular weight is 351 g/mol. The van der Waals surface area contributed by atoms with Crippen LogP contribution in [0, 0.1) is 30.1 Å². The Bertz CT molecular complexity index is 869. The van der Waals surface area contributed by atoms with Crippen LogP contribution in [0.5, 0.6) is 0 Å². The highest BCUT2D eigenvalue weighted by molar-refractivity contribution is 5.81. The van der Waals surface area contributed by atoms with Crippen LogP contribution in [0.15, 0.2) is 28.8 Å². The maximum atomic E-state index is 11.6. The number of nitrogens with one attached hydrogen (secondary N) is 1. The predicted octanol–water partition coefficient (Wildman–Crippen LogP) is 1.72. The number of hydrogen-bond donors (Lipinski definition) is 2. The lowest BCUT2D eigenvalue weighted by atomic mass is 9.80. The number of primary amides is 1. The fraction of sp³-hybridized carbons (Fsp3) is 0.474. The smallest absolute Gasteiger partial charge is 0.234 e. The number of hydrogen-bond acceptors (Lipinski definition) is 6. The molecule has 0 radical (unpaired) electrons. The first-order chi connectivity index (χ1) is 12.5. The van der Waals surface area contributed by atoms with Gasteiger partial charge in [-0.25, -0.2) is 0 Å². The van der Waals surface area contributed by atoms with Crippen molar-refractivity contribution in [2.45, 2.75) is 44.2 Å². The Morgan fingerprint density at radius 3 is 2.85 bits per heavy atom. The van der Waals surface area contributed by atoms with Crippen LogP contribution in [-0.4, -0.2) is 27.6 Å². The van der Waals surface area contributed by atoms with Gasteiger partial charge < -0.3 is 10.3 Å². The fourth-order valence-corrected chi connectivity index (χ4v) is 4.49. The van der Waals surface area contributed by atoms with E-state index in [-0.39, 0.29) is 29.3 Å². The second-order valence-corrected chi connectivity index (χ2v) is 7.40. The maximum Gasteiger partial charge on any atom is 0.234 e. The van der Waals surface area contributed by atoms with Crippen LogP contribution in [0.1, 0.15) is 30.7 Å². The molecule has 4 atom stereocenters. The SMILES string of the molecule is Cc1nc(-c2ccc(C[C@H](C#N)C34CCC(C3)C(C(N)=O)N4)cc2)no1. The zero-order valence-corrected chi connectivity index (χ0v) is 14.6. The Labute approximate surface area is 151 Å². The lowest BCUT2D eigenvalue weighted by Gasteiger charge is -2.34. The average Bonchev–Trinajstić information content (AvgIpc) is 3.35. The largest absolute Gasteiger partial charge is 0.368 e. The molecule has 1 aromatic carbocycles. The fourth-order valence-electron chi connectivity index (χ4n) is 4.49. The summed E-state index contributed by atoms with van der Waals surface area (Å²) in [5, 5.41) is 17.1. The van der Waals surface area contributed by atoms with Gasteiger partial charge in [0.1, 0.15) is 0 Å². The number of nitriles is 1. The van der Waals surface area contributed by atoms with Crippen LogP contribution in [0.4, 0.5) is 0 Å². The first-order valence-electron chi connectivity index (χ1n) is 8.87. The van der Waals surface area contributed by atoms with E-state index in [2.05, 4.69) is 21.5 Å². The van der Waals surface area contributed by atoms with Gasteiger partial charge in [-0.3, -0.25) is 10.1 Å². The van der Waals surface area contributed by atoms with E-state index in [0.717, 1.165) is 30.4 Å². The molecule has 3 unspecified atom stereocenters. The van der Waals surface area contributed by atoms with Crippen molar-refractivity contribution in [2.75, 3.05) is 0 Å². The van der Waals surface area contributed by atoms with Gasteiger partial charge in [-0.1, -0.05) is 29.4 Å². The summed E-state index contributed by atoms with van der Waals surface area (Å²) >= 11 is 0. The first kappa shape index (κ1) is 16.7. The molecule has 2 heterocycles. The van der Waals surface area contributed by atoms with Gasteiger partial charge in [-0.05, 0) is 37.2 Å². The Morgan fingerprint density at radius 2 is 2.27 bits per heavy atom. The molecule has 7 nitrogen and oxygen atoms in total. The van der Waals surface area contributed by atoms with E-state index < -0.39 is 0 Å². The molecule has 2 bridgehead atoms. The Morgan fingerprint density at radius 1 is 1.50 bits per heavy atom. The Hall–Kier alpha value is -2.72. The van der Waals surface area contributed by atoms with E-state index in [9.17, 15) is 10.1 Å². The maximum absolute atomic E-state index is 11.6. The number of aromatic nitrogens is 2. The third-order valence-corrected chi connectivity index (χ3v) is 5.81. The summed E-state index contributed by atoms with van der Waals surface area (Å²) in [7, 11) is 0. The minimum Gasteiger partial charge on any atom is -0.368 e. The summed E-state index contributed by atoms with van der Waals surface area (Å²) in [5.41, 5.74) is 7.16. The van der Waals surface area contributed by atoms with Crippen molar-refractivity contribution in [1.82, 2.24) is 15.5 Å². The number of fused-ring (bicyclic) bond motifs is 2. The minimum absolute atomic E-state index is 0.199. The van der Waals surface area contributed by atoms with Crippen molar-refractivity contribution in [3.63, 3.8) is 0 Å². The van der Waals surface area contributed by atoms with Gasteiger partial charge >= 0.3 is 0 Å². The molecule has 2 aromatic rings. The number of carbonyl (C=O) groups excluding carboxylic acids is 1. The summed E-state index contributed by atoms with van der Waals surface area (Å²) in [6, 6.07) is 10.0. The molecule has 1 aliphatic heterocycles. The minimum atomic E-state index is -0.312. The summed E-state index contributed by atoms with van der Waals surface area (Å²) < 4.78 is 5.01. The summed E-state index contributed by atoms with van der Waals surface area (Å²) in [6.07, 6.45) is 3.35. The molecule has 3 N–H and O–H groups in total. The normalized spacial score (nSPS) is 28.0. The molecular formula is C19H21N5O2. The molecule has 1 saturated carbocycles. The van der Waals surface area contributed by atoms with Gasteiger partial charge in [0.25, 0.3) is 0 Å². The van der Waals surface area contributed by atoms with E-state index in [4.69, 9.17) is 10.3 Å². The molecule has 1 saturated heterocycles. The monoisotopic (exact) mass is 351 g/mol. The van der Waals surface area contributed by atoms with Crippen LogP contribution in [0.2, 0.25) is 0 Å². The Balaban J connectivity index is 1.51. The third kappa shape index (κ3) is 2.76. The number of piperidine rings is 1. The molecule has 2 aliphatic rings. The number of aryl methyl sites for hydroxylation is 1. The second kappa shape index (κ2) is 6.22. The molecule has 1 amide bonds. The lowest BCUT2D eigenvalue weighted by Crippen LogP contribution is -2.54. The standard InChI is InChI=1S/C19H21N5O2/c1-11-22-18(24-26-11)13-4-2-12(3-5-13)8-15(10-20)19-7-6-14(9-19)16(23-19)17(21)25/h2-5,14-16,23H,6-9H2,1H3,(H2,21,25)/t14?,15-,16?,19?/m1/s1. The van der Waals surface area contributed by atoms with Gasteiger partial charge in [0.2, 0.25) is 17.6 Å². The summed E-state index contributed by atoms with van der Waals surface area (Å²) in [6.45, 7) is 1.75. The van der Waals surface area contributed by atoms with Crippen LogP contribution in [0.25, 0.3) is 11.4 Å². The topological polar surface area (TPSA) is 118 Å². The highest BCUT2D eigenvalue weighted by Crippen LogP contribution is 2.48. The number of carbonyl (C=O) groups is 1. The molecule has 2 fully saturated rings. The Kier molecular flexibility index (Phi) is 4.00. The predicted molar refractivity (Wildman–Crippen MR) is 93.5 cm³/mol. The molecule has 1 aromatic heterocycles. The third-order valence-electron chi connectivity index (χ3n) is 5.81. The summed E-state index contributed by atoms with van der Waals surface area (Å²) in [4.78, 5) is 15.9. The van der Waals surface area contributed by atoms with E-state index >= 15 is 0 Å². The molecule has 7 heteroatoms. The number of benzene rings is 1. The van der Waals surface area contributed by atoms with Crippen LogP contribution in [0.3, 0.4) is 0 Å². The van der Waals surface area contributed by atoms with E-state index in [1.165, 1.54) is 0 Å². The van der Waals surface area contributed by atoms with Gasteiger partial charge in [-0.15, -0.1) is 0 Å². The molecule has 134 valence electrons. The summed E-state index contributed by atoms with van der Waals surface area (Å²) in [5.74, 6) is 0.833. The molecule has 4 rings (SSSR count). The molecule has 1 aliphatic carbocycles. The number of nitrogens with zero attached hydrogens (tertiary/aromatic N) is 3. The zero-order valence-electron chi connectivity index (χ0n) is 14.6. The lowest BCUT2D eigenvalue weighted by molar-refractivity contribution is -0.121. The van der Waals surface area contributed by atoms with Crippen molar-refractivity contribution in [1.29, 1.82) is 5.26 Å². The van der Waals surface area contributed by atoms with Crippen molar-refractivity contribution in [3.8, 4) is 17.5 Å². The van der Waals surface area contributed by atoms with Crippen molar-refractivity contribution in [3.05, 3.63) is 35.7 Å². The van der Waals surface area contributed by atoms with Gasteiger partial charge in [-0.2, -0.15) is 10.2 Å². The number of nitrogens with two attached hydrogens (primary N) is 1. The van der Waals surface area contributed by atoms with Crippen molar-refractivity contribution >= 4 is 5.91 Å². The number of amides is 1. The van der Waals surface area contributed by atoms with Gasteiger partial charge in [0.15, 0.2) is 0 Å². The van der Waals surface area contributed by atoms with Crippen LogP contribution < -0.4 is 11.1 Å².